The van der Waals surface area contributed by atoms with E-state index in [2.05, 4.69) is 18.4 Å². The van der Waals surface area contributed by atoms with E-state index in [9.17, 15) is 4.79 Å². The van der Waals surface area contributed by atoms with Crippen molar-refractivity contribution in [3.8, 4) is 0 Å². The molecular formula is C19H29NO2S. The zero-order valence-electron chi connectivity index (χ0n) is 14.3. The highest BCUT2D eigenvalue weighted by molar-refractivity contribution is 7.99. The van der Waals surface area contributed by atoms with Gasteiger partial charge in [0.2, 0.25) is 0 Å². The second-order valence-electron chi connectivity index (χ2n) is 8.32. The standard InChI is InChI=1S/C19H29NO2S/c1-13-4-3-5-19(2)11-17-14(10-16(13)19)15(18(21)22-17)12-20-6-8-23-9-7-20/h14-17H,1,3-12H2,2H3/t14-,15?,16?,17-,19-/m1/s1. The molecule has 0 N–H and O–H groups in total. The van der Waals surface area contributed by atoms with Crippen LogP contribution in [0.4, 0.5) is 0 Å². The van der Waals surface area contributed by atoms with Crippen molar-refractivity contribution in [1.82, 2.24) is 4.90 Å². The van der Waals surface area contributed by atoms with Gasteiger partial charge < -0.3 is 9.64 Å². The maximum atomic E-state index is 12.5. The van der Waals surface area contributed by atoms with Crippen LogP contribution in [0.15, 0.2) is 12.2 Å². The minimum atomic E-state index is 0.0751. The summed E-state index contributed by atoms with van der Waals surface area (Å²) >= 11 is 2.03. The van der Waals surface area contributed by atoms with Crippen molar-refractivity contribution in [2.45, 2.75) is 45.1 Å². The van der Waals surface area contributed by atoms with Crippen LogP contribution < -0.4 is 0 Å². The predicted molar refractivity (Wildman–Crippen MR) is 94.4 cm³/mol. The Morgan fingerprint density at radius 2 is 2.17 bits per heavy atom. The Balaban J connectivity index is 1.50. The Kier molecular flexibility index (Phi) is 4.25. The van der Waals surface area contributed by atoms with Gasteiger partial charge in [-0.05, 0) is 43.4 Å². The van der Waals surface area contributed by atoms with Crippen molar-refractivity contribution in [3.05, 3.63) is 12.2 Å². The third-order valence-electron chi connectivity index (χ3n) is 6.88. The summed E-state index contributed by atoms with van der Waals surface area (Å²) in [5.41, 5.74) is 1.75. The molecule has 0 aromatic carbocycles. The Morgan fingerprint density at radius 3 is 2.96 bits per heavy atom. The van der Waals surface area contributed by atoms with Crippen molar-refractivity contribution in [2.75, 3.05) is 31.1 Å². The van der Waals surface area contributed by atoms with Crippen LogP contribution in [0.3, 0.4) is 0 Å². The van der Waals surface area contributed by atoms with E-state index in [0.29, 0.717) is 17.3 Å². The van der Waals surface area contributed by atoms with Gasteiger partial charge in [0.25, 0.3) is 0 Å². The van der Waals surface area contributed by atoms with Gasteiger partial charge in [-0.15, -0.1) is 0 Å². The van der Waals surface area contributed by atoms with Crippen LogP contribution in [0.25, 0.3) is 0 Å². The lowest BCUT2D eigenvalue weighted by Gasteiger charge is -2.50. The van der Waals surface area contributed by atoms with Gasteiger partial charge in [-0.3, -0.25) is 4.79 Å². The monoisotopic (exact) mass is 335 g/mol. The summed E-state index contributed by atoms with van der Waals surface area (Å²) in [6.07, 6.45) is 6.05. The smallest absolute Gasteiger partial charge is 0.310 e. The van der Waals surface area contributed by atoms with Gasteiger partial charge in [0, 0.05) is 37.1 Å². The molecule has 2 saturated carbocycles. The number of ether oxygens (including phenoxy) is 1. The summed E-state index contributed by atoms with van der Waals surface area (Å²) in [5, 5.41) is 0. The zero-order valence-corrected chi connectivity index (χ0v) is 15.1. The molecular weight excluding hydrogens is 306 g/mol. The normalized spacial score (nSPS) is 44.6. The van der Waals surface area contributed by atoms with Gasteiger partial charge in [0.1, 0.15) is 6.10 Å². The highest BCUT2D eigenvalue weighted by Crippen LogP contribution is 2.56. The number of fused-ring (bicyclic) bond motifs is 2. The highest BCUT2D eigenvalue weighted by Gasteiger charge is 2.55. The minimum absolute atomic E-state index is 0.0751. The molecule has 2 aliphatic carbocycles. The fourth-order valence-electron chi connectivity index (χ4n) is 5.53. The number of esters is 1. The molecule has 0 bridgehead atoms. The Labute approximate surface area is 144 Å². The first-order valence-electron chi connectivity index (χ1n) is 9.25. The number of carbonyl (C=O) groups is 1. The Bertz CT molecular complexity index is 502. The molecule has 2 aliphatic heterocycles. The molecule has 4 rings (SSSR count). The lowest BCUT2D eigenvalue weighted by Crippen LogP contribution is -2.46. The van der Waals surface area contributed by atoms with Gasteiger partial charge >= 0.3 is 5.97 Å². The molecule has 3 nitrogen and oxygen atoms in total. The molecule has 5 atom stereocenters. The van der Waals surface area contributed by atoms with Crippen molar-refractivity contribution in [1.29, 1.82) is 0 Å². The molecule has 2 heterocycles. The molecule has 2 unspecified atom stereocenters. The Morgan fingerprint density at radius 1 is 1.39 bits per heavy atom. The fraction of sp³-hybridized carbons (Fsp3) is 0.842. The molecule has 128 valence electrons. The van der Waals surface area contributed by atoms with Crippen molar-refractivity contribution in [2.24, 2.45) is 23.2 Å². The van der Waals surface area contributed by atoms with Gasteiger partial charge in [0.15, 0.2) is 0 Å². The second kappa shape index (κ2) is 6.11. The molecule has 0 spiro atoms. The topological polar surface area (TPSA) is 29.5 Å². The van der Waals surface area contributed by atoms with E-state index < -0.39 is 0 Å². The van der Waals surface area contributed by atoms with Crippen LogP contribution in [0.2, 0.25) is 0 Å². The van der Waals surface area contributed by atoms with Crippen LogP contribution in [0.5, 0.6) is 0 Å². The van der Waals surface area contributed by atoms with E-state index in [-0.39, 0.29) is 18.0 Å². The summed E-state index contributed by atoms with van der Waals surface area (Å²) < 4.78 is 5.87. The average Bonchev–Trinajstić information content (AvgIpc) is 2.81. The molecule has 0 aromatic rings. The van der Waals surface area contributed by atoms with E-state index in [0.717, 1.165) is 32.5 Å². The maximum absolute atomic E-state index is 12.5. The van der Waals surface area contributed by atoms with E-state index in [4.69, 9.17) is 4.74 Å². The SMILES string of the molecule is C=C1CCC[C@]2(C)C[C@H]3OC(=O)C(CN4CCSCC4)[C@H]3CC12. The van der Waals surface area contributed by atoms with Gasteiger partial charge in [-0.2, -0.15) is 11.8 Å². The number of carbonyl (C=O) groups excluding carboxylic acids is 1. The summed E-state index contributed by atoms with van der Waals surface area (Å²) in [5.74, 6) is 3.60. The van der Waals surface area contributed by atoms with Crippen LogP contribution in [-0.2, 0) is 9.53 Å². The van der Waals surface area contributed by atoms with Gasteiger partial charge in [-0.1, -0.05) is 19.1 Å². The number of hydrogen-bond donors (Lipinski definition) is 0. The minimum Gasteiger partial charge on any atom is -0.462 e. The molecule has 0 amide bonds. The van der Waals surface area contributed by atoms with Gasteiger partial charge in [0.05, 0.1) is 5.92 Å². The molecule has 2 saturated heterocycles. The molecule has 4 heteroatoms. The number of rotatable bonds is 2. The van der Waals surface area contributed by atoms with E-state index in [1.807, 2.05) is 11.8 Å². The van der Waals surface area contributed by atoms with Crippen LogP contribution in [-0.4, -0.2) is 48.1 Å². The van der Waals surface area contributed by atoms with Crippen molar-refractivity contribution in [3.63, 3.8) is 0 Å². The lowest BCUT2D eigenvalue weighted by molar-refractivity contribution is -0.146. The van der Waals surface area contributed by atoms with Crippen molar-refractivity contribution < 1.29 is 9.53 Å². The zero-order chi connectivity index (χ0) is 16.0. The first-order chi connectivity index (χ1) is 11.1. The third-order valence-corrected chi connectivity index (χ3v) is 7.82. The fourth-order valence-corrected chi connectivity index (χ4v) is 6.51. The number of allylic oxidation sites excluding steroid dienone is 1. The largest absolute Gasteiger partial charge is 0.462 e. The molecule has 0 aromatic heterocycles. The number of hydrogen-bond acceptors (Lipinski definition) is 4. The lowest BCUT2D eigenvalue weighted by atomic mass is 9.55. The van der Waals surface area contributed by atoms with Crippen molar-refractivity contribution >= 4 is 17.7 Å². The van der Waals surface area contributed by atoms with E-state index in [1.165, 1.54) is 36.3 Å². The molecule has 4 aliphatic rings. The summed E-state index contributed by atoms with van der Waals surface area (Å²) in [6, 6.07) is 0. The Hall–Kier alpha value is -0.480. The second-order valence-corrected chi connectivity index (χ2v) is 9.54. The first kappa shape index (κ1) is 16.0. The molecule has 4 fully saturated rings. The summed E-state index contributed by atoms with van der Waals surface area (Å²) in [4.78, 5) is 15.0. The maximum Gasteiger partial charge on any atom is 0.310 e. The average molecular weight is 336 g/mol. The number of nitrogens with zero attached hydrogens (tertiary/aromatic N) is 1. The quantitative estimate of drug-likeness (QED) is 0.572. The van der Waals surface area contributed by atoms with Crippen LogP contribution in [0, 0.1) is 23.2 Å². The summed E-state index contributed by atoms with van der Waals surface area (Å²) in [7, 11) is 0. The van der Waals surface area contributed by atoms with Crippen LogP contribution in [0.1, 0.15) is 39.0 Å². The molecule has 0 radical (unpaired) electrons. The summed E-state index contributed by atoms with van der Waals surface area (Å²) in [6.45, 7) is 9.95. The molecule has 23 heavy (non-hydrogen) atoms. The first-order valence-corrected chi connectivity index (χ1v) is 10.4. The van der Waals surface area contributed by atoms with E-state index >= 15 is 0 Å². The predicted octanol–water partition coefficient (Wildman–Crippen LogP) is 3.35. The van der Waals surface area contributed by atoms with Gasteiger partial charge in [-0.25, -0.2) is 0 Å². The van der Waals surface area contributed by atoms with E-state index in [1.54, 1.807) is 0 Å². The highest BCUT2D eigenvalue weighted by atomic mass is 32.2. The third kappa shape index (κ3) is 2.86. The van der Waals surface area contributed by atoms with Crippen LogP contribution >= 0.6 is 11.8 Å². The number of thioether (sulfide) groups is 1.